The van der Waals surface area contributed by atoms with Gasteiger partial charge in [0.05, 0.1) is 22.9 Å². The molecule has 1 aliphatic carbocycles. The molecule has 236 valence electrons. The Labute approximate surface area is 263 Å². The highest BCUT2D eigenvalue weighted by molar-refractivity contribution is 7.12. The average molecular weight is 623 g/mol. The van der Waals surface area contributed by atoms with E-state index in [2.05, 4.69) is 24.8 Å². The molecule has 2 saturated heterocycles. The number of hydrogen-bond donors (Lipinski definition) is 0. The van der Waals surface area contributed by atoms with E-state index in [1.807, 2.05) is 16.3 Å². The molecule has 44 heavy (non-hydrogen) atoms. The number of piperazine rings is 1. The van der Waals surface area contributed by atoms with E-state index in [9.17, 15) is 19.6 Å². The molecule has 0 radical (unpaired) electrons. The lowest BCUT2D eigenvalue weighted by Gasteiger charge is -2.36. The molecule has 1 saturated carbocycles. The maximum absolute atomic E-state index is 15.3. The fourth-order valence-corrected chi connectivity index (χ4v) is 7.75. The molecule has 0 spiro atoms. The number of amides is 2. The fourth-order valence-electron chi connectivity index (χ4n) is 6.86. The van der Waals surface area contributed by atoms with E-state index in [4.69, 9.17) is 4.74 Å². The molecule has 2 amide bonds. The third kappa shape index (κ3) is 7.00. The second-order valence-corrected chi connectivity index (χ2v) is 14.6. The van der Waals surface area contributed by atoms with Gasteiger partial charge in [-0.25, -0.2) is 9.18 Å². The zero-order chi connectivity index (χ0) is 31.8. The van der Waals surface area contributed by atoms with Gasteiger partial charge >= 0.3 is 6.09 Å². The standard InChI is InChI=1S/C34H43FN4O4S/c1-21(2)37-10-12-38(13-11-37)32(41)30-18-26(20-44-30)23-6-7-24(28(35)17-23)14-22(19-36)15-29(40)31-25-8-9-27(16-25)39(31)33(42)43-34(3,4)5/h6-7,17-18,20-22,25,27,31H,8-16H2,1-5H3/t22-,25+,27-,31+/m1/s1. The zero-order valence-corrected chi connectivity index (χ0v) is 27.2. The fraction of sp³-hybridized carbons (Fsp3) is 0.588. The predicted molar refractivity (Wildman–Crippen MR) is 168 cm³/mol. The first kappa shape index (κ1) is 32.1. The average Bonchev–Trinajstić information content (AvgIpc) is 3.73. The van der Waals surface area contributed by atoms with E-state index in [0.717, 1.165) is 37.9 Å². The van der Waals surface area contributed by atoms with Crippen molar-refractivity contribution in [2.45, 2.75) is 90.4 Å². The molecule has 2 aliphatic heterocycles. The molecule has 1 aromatic carbocycles. The van der Waals surface area contributed by atoms with Gasteiger partial charge in [-0.05, 0) is 100 Å². The smallest absolute Gasteiger partial charge is 0.411 e. The Balaban J connectivity index is 1.21. The number of benzene rings is 1. The Morgan fingerprint density at radius 1 is 1.09 bits per heavy atom. The Bertz CT molecular complexity index is 1440. The highest BCUT2D eigenvalue weighted by Crippen LogP contribution is 2.44. The molecule has 0 N–H and O–H groups in total. The molecule has 4 atom stereocenters. The molecule has 3 aliphatic rings. The highest BCUT2D eigenvalue weighted by atomic mass is 32.1. The van der Waals surface area contributed by atoms with Gasteiger partial charge in [-0.1, -0.05) is 12.1 Å². The van der Waals surface area contributed by atoms with Crippen LogP contribution in [-0.4, -0.2) is 82.4 Å². The number of ether oxygens (including phenoxy) is 1. The number of Topliss-reactive ketones (excluding diaryl/α,β-unsaturated/α-hetero) is 1. The van der Waals surface area contributed by atoms with Crippen LogP contribution >= 0.6 is 11.3 Å². The number of ketones is 1. The van der Waals surface area contributed by atoms with Crippen LogP contribution in [0.25, 0.3) is 11.1 Å². The number of thiophene rings is 1. The van der Waals surface area contributed by atoms with Gasteiger partial charge in [0, 0.05) is 44.7 Å². The van der Waals surface area contributed by atoms with Gasteiger partial charge in [0.2, 0.25) is 0 Å². The summed E-state index contributed by atoms with van der Waals surface area (Å²) in [6, 6.07) is 8.75. The van der Waals surface area contributed by atoms with E-state index >= 15 is 4.39 Å². The number of likely N-dealkylation sites (tertiary alicyclic amines) is 1. The first-order valence-electron chi connectivity index (χ1n) is 15.7. The van der Waals surface area contributed by atoms with Crippen molar-refractivity contribution in [1.82, 2.24) is 14.7 Å². The second-order valence-electron chi connectivity index (χ2n) is 13.7. The first-order chi connectivity index (χ1) is 20.8. The van der Waals surface area contributed by atoms with E-state index in [0.29, 0.717) is 35.1 Å². The SMILES string of the molecule is CC(C)N1CCN(C(=O)c2cc(-c3ccc(C[C@@H](C#N)CC(=O)[C@@H]4[C@H]5CC[C@H](C5)N4C(=O)OC(C)(C)C)c(F)c3)cs2)CC1. The molecule has 0 unspecified atom stereocenters. The zero-order valence-electron chi connectivity index (χ0n) is 26.3. The Morgan fingerprint density at radius 3 is 2.45 bits per heavy atom. The van der Waals surface area contributed by atoms with Gasteiger partial charge in [-0.15, -0.1) is 11.3 Å². The summed E-state index contributed by atoms with van der Waals surface area (Å²) < 4.78 is 20.9. The van der Waals surface area contributed by atoms with Crippen molar-refractivity contribution in [3.05, 3.63) is 45.9 Å². The Hall–Kier alpha value is -3.29. The van der Waals surface area contributed by atoms with Crippen LogP contribution in [0.1, 0.15) is 75.5 Å². The summed E-state index contributed by atoms with van der Waals surface area (Å²) in [5, 5.41) is 11.8. The normalized spacial score (nSPS) is 22.7. The molecule has 3 heterocycles. The number of carbonyl (C=O) groups is 3. The monoisotopic (exact) mass is 622 g/mol. The van der Waals surface area contributed by atoms with Crippen molar-refractivity contribution in [3.63, 3.8) is 0 Å². The van der Waals surface area contributed by atoms with Gasteiger partial charge in [0.1, 0.15) is 11.4 Å². The Kier molecular flexibility index (Phi) is 9.47. The van der Waals surface area contributed by atoms with Gasteiger partial charge in [0.15, 0.2) is 5.78 Å². The number of fused-ring (bicyclic) bond motifs is 2. The highest BCUT2D eigenvalue weighted by Gasteiger charge is 2.52. The molecule has 2 bridgehead atoms. The summed E-state index contributed by atoms with van der Waals surface area (Å²) in [5.74, 6) is -1.25. The summed E-state index contributed by atoms with van der Waals surface area (Å²) in [6.07, 6.45) is 2.06. The van der Waals surface area contributed by atoms with Crippen molar-refractivity contribution in [3.8, 4) is 17.2 Å². The molecule has 5 rings (SSSR count). The van der Waals surface area contributed by atoms with E-state index in [1.54, 1.807) is 37.8 Å². The predicted octanol–water partition coefficient (Wildman–Crippen LogP) is 6.15. The van der Waals surface area contributed by atoms with Gasteiger partial charge in [-0.3, -0.25) is 19.4 Å². The van der Waals surface area contributed by atoms with E-state index < -0.39 is 29.5 Å². The minimum absolute atomic E-state index is 0.00370. The summed E-state index contributed by atoms with van der Waals surface area (Å²) >= 11 is 1.36. The molecule has 3 fully saturated rings. The van der Waals surface area contributed by atoms with Crippen molar-refractivity contribution in [1.29, 1.82) is 5.26 Å². The number of piperidine rings is 1. The molecular weight excluding hydrogens is 579 g/mol. The van der Waals surface area contributed by atoms with Crippen LogP contribution in [0.3, 0.4) is 0 Å². The lowest BCUT2D eigenvalue weighted by atomic mass is 9.87. The number of carbonyl (C=O) groups excluding carboxylic acids is 3. The molecule has 10 heteroatoms. The molecular formula is C34H43FN4O4S. The summed E-state index contributed by atoms with van der Waals surface area (Å²) in [5.41, 5.74) is 1.12. The molecule has 2 aromatic rings. The van der Waals surface area contributed by atoms with Crippen molar-refractivity contribution in [2.24, 2.45) is 11.8 Å². The van der Waals surface area contributed by atoms with Gasteiger partial charge in [0.25, 0.3) is 5.91 Å². The molecule has 8 nitrogen and oxygen atoms in total. The topological polar surface area (TPSA) is 94.0 Å². The van der Waals surface area contributed by atoms with Gasteiger partial charge < -0.3 is 9.64 Å². The lowest BCUT2D eigenvalue weighted by molar-refractivity contribution is -0.126. The summed E-state index contributed by atoms with van der Waals surface area (Å²) in [4.78, 5) is 46.0. The van der Waals surface area contributed by atoms with Crippen molar-refractivity contribution in [2.75, 3.05) is 26.2 Å². The number of rotatable bonds is 8. The maximum Gasteiger partial charge on any atom is 0.411 e. The number of halogens is 1. The third-order valence-electron chi connectivity index (χ3n) is 9.14. The van der Waals surface area contributed by atoms with Crippen LogP contribution in [0.2, 0.25) is 0 Å². The largest absolute Gasteiger partial charge is 0.444 e. The summed E-state index contributed by atoms with van der Waals surface area (Å²) in [7, 11) is 0. The quantitative estimate of drug-likeness (QED) is 0.351. The van der Waals surface area contributed by atoms with Crippen LogP contribution in [0.15, 0.2) is 29.6 Å². The lowest BCUT2D eigenvalue weighted by Crippen LogP contribution is -2.51. The van der Waals surface area contributed by atoms with Crippen LogP contribution < -0.4 is 0 Å². The number of hydrogen-bond acceptors (Lipinski definition) is 7. The summed E-state index contributed by atoms with van der Waals surface area (Å²) in [6.45, 7) is 12.8. The van der Waals surface area contributed by atoms with Crippen LogP contribution in [-0.2, 0) is 16.0 Å². The second kappa shape index (κ2) is 13.0. The Morgan fingerprint density at radius 2 is 1.82 bits per heavy atom. The van der Waals surface area contributed by atoms with Crippen LogP contribution in [0.5, 0.6) is 0 Å². The van der Waals surface area contributed by atoms with Crippen LogP contribution in [0.4, 0.5) is 9.18 Å². The minimum atomic E-state index is -0.719. The molecule has 1 aromatic heterocycles. The number of nitriles is 1. The number of nitrogens with zero attached hydrogens (tertiary/aromatic N) is 4. The van der Waals surface area contributed by atoms with Crippen molar-refractivity contribution >= 4 is 29.1 Å². The van der Waals surface area contributed by atoms with Crippen molar-refractivity contribution < 1.29 is 23.5 Å². The minimum Gasteiger partial charge on any atom is -0.444 e. The van der Waals surface area contributed by atoms with Gasteiger partial charge in [-0.2, -0.15) is 5.26 Å². The van der Waals surface area contributed by atoms with Crippen LogP contribution in [0, 0.1) is 29.0 Å². The van der Waals surface area contributed by atoms with E-state index in [-0.39, 0.29) is 36.5 Å². The third-order valence-corrected chi connectivity index (χ3v) is 10.1. The first-order valence-corrected chi connectivity index (χ1v) is 16.6. The van der Waals surface area contributed by atoms with E-state index in [1.165, 1.54) is 17.4 Å². The maximum atomic E-state index is 15.3.